The van der Waals surface area contributed by atoms with E-state index in [1.165, 1.54) is 5.56 Å². The number of carbonyl (C=O) groups is 1. The van der Waals surface area contributed by atoms with E-state index in [4.69, 9.17) is 4.74 Å². The molecule has 1 aliphatic heterocycles. The zero-order chi connectivity index (χ0) is 16.9. The maximum atomic E-state index is 12.3. The Bertz CT molecular complexity index is 687. The molecule has 1 atom stereocenters. The molecule has 2 heterocycles. The fourth-order valence-corrected chi connectivity index (χ4v) is 3.46. The number of benzene rings is 1. The van der Waals surface area contributed by atoms with Crippen molar-refractivity contribution in [2.45, 2.75) is 12.6 Å². The van der Waals surface area contributed by atoms with E-state index in [9.17, 15) is 4.79 Å². The highest BCUT2D eigenvalue weighted by atomic mass is 79.9. The van der Waals surface area contributed by atoms with E-state index in [-0.39, 0.29) is 12.0 Å². The average Bonchev–Trinajstić information content (AvgIpc) is 2.92. The highest BCUT2D eigenvalue weighted by molar-refractivity contribution is 9.10. The quantitative estimate of drug-likeness (QED) is 0.850. The van der Waals surface area contributed by atoms with Crippen molar-refractivity contribution in [1.82, 2.24) is 14.8 Å². The van der Waals surface area contributed by atoms with Crippen molar-refractivity contribution in [3.05, 3.63) is 58.3 Å². The van der Waals surface area contributed by atoms with Gasteiger partial charge in [-0.3, -0.25) is 9.69 Å². The molecule has 24 heavy (non-hydrogen) atoms. The predicted molar refractivity (Wildman–Crippen MR) is 96.9 cm³/mol. The molecule has 0 radical (unpaired) electrons. The van der Waals surface area contributed by atoms with Gasteiger partial charge < -0.3 is 14.6 Å². The molecule has 1 N–H and O–H groups in total. The second-order valence-electron chi connectivity index (χ2n) is 6.08. The molecule has 0 spiro atoms. The second kappa shape index (κ2) is 7.96. The number of amides is 1. The minimum Gasteiger partial charge on any atom is -0.374 e. The third kappa shape index (κ3) is 4.47. The molecule has 1 saturated heterocycles. The first-order valence-corrected chi connectivity index (χ1v) is 8.89. The fourth-order valence-electron chi connectivity index (χ4n) is 2.94. The Kier molecular flexibility index (Phi) is 5.71. The van der Waals surface area contributed by atoms with Crippen LogP contribution in [0.15, 0.2) is 47.1 Å². The van der Waals surface area contributed by atoms with E-state index in [0.29, 0.717) is 18.8 Å². The van der Waals surface area contributed by atoms with Gasteiger partial charge in [-0.05, 0) is 27.6 Å². The maximum absolute atomic E-state index is 12.3. The molecule has 1 unspecified atom stereocenters. The van der Waals surface area contributed by atoms with Gasteiger partial charge >= 0.3 is 0 Å². The lowest BCUT2D eigenvalue weighted by molar-refractivity contribution is -0.0293. The summed E-state index contributed by atoms with van der Waals surface area (Å²) in [7, 11) is 1.86. The summed E-state index contributed by atoms with van der Waals surface area (Å²) in [6.45, 7) is 3.88. The van der Waals surface area contributed by atoms with Gasteiger partial charge in [0.2, 0.25) is 0 Å². The van der Waals surface area contributed by atoms with Crippen LogP contribution in [0.1, 0.15) is 16.1 Å². The van der Waals surface area contributed by atoms with E-state index < -0.39 is 0 Å². The zero-order valence-electron chi connectivity index (χ0n) is 13.7. The molecule has 128 valence electrons. The topological polar surface area (TPSA) is 46.5 Å². The van der Waals surface area contributed by atoms with Gasteiger partial charge in [-0.2, -0.15) is 0 Å². The first-order chi connectivity index (χ1) is 11.6. The number of rotatable bonds is 5. The van der Waals surface area contributed by atoms with Crippen molar-refractivity contribution in [2.24, 2.45) is 7.05 Å². The van der Waals surface area contributed by atoms with Gasteiger partial charge in [-0.15, -0.1) is 0 Å². The molecule has 2 aromatic rings. The third-order valence-corrected chi connectivity index (χ3v) is 4.60. The van der Waals surface area contributed by atoms with Gasteiger partial charge in [-0.1, -0.05) is 30.3 Å². The number of halogens is 1. The molecule has 0 aliphatic carbocycles. The summed E-state index contributed by atoms with van der Waals surface area (Å²) in [4.78, 5) is 14.6. The molecule has 5 nitrogen and oxygen atoms in total. The van der Waals surface area contributed by atoms with E-state index in [0.717, 1.165) is 24.1 Å². The molecule has 6 heteroatoms. The largest absolute Gasteiger partial charge is 0.374 e. The van der Waals surface area contributed by atoms with E-state index >= 15 is 0 Å². The van der Waals surface area contributed by atoms with Gasteiger partial charge in [-0.25, -0.2) is 0 Å². The Labute approximate surface area is 150 Å². The Balaban J connectivity index is 1.50. The molecule has 1 aromatic carbocycles. The van der Waals surface area contributed by atoms with Crippen LogP contribution in [0, 0.1) is 0 Å². The summed E-state index contributed by atoms with van der Waals surface area (Å²) in [5, 5.41) is 2.97. The van der Waals surface area contributed by atoms with Crippen molar-refractivity contribution < 1.29 is 9.53 Å². The van der Waals surface area contributed by atoms with Crippen LogP contribution in [0.4, 0.5) is 0 Å². The lowest BCUT2D eigenvalue weighted by Crippen LogP contribution is -2.47. The number of nitrogens with zero attached hydrogens (tertiary/aromatic N) is 2. The normalized spacial score (nSPS) is 18.5. The van der Waals surface area contributed by atoms with E-state index in [1.54, 1.807) is 0 Å². The summed E-state index contributed by atoms with van der Waals surface area (Å²) in [5.41, 5.74) is 1.94. The number of ether oxygens (including phenoxy) is 1. The van der Waals surface area contributed by atoms with Crippen molar-refractivity contribution in [3.63, 3.8) is 0 Å². The van der Waals surface area contributed by atoms with Crippen LogP contribution in [0.5, 0.6) is 0 Å². The predicted octanol–water partition coefficient (Wildman–Crippen LogP) is 2.42. The van der Waals surface area contributed by atoms with Gasteiger partial charge in [0.15, 0.2) is 0 Å². The van der Waals surface area contributed by atoms with Crippen molar-refractivity contribution in [1.29, 1.82) is 0 Å². The number of hydrogen-bond donors (Lipinski definition) is 1. The smallest absolute Gasteiger partial charge is 0.268 e. The van der Waals surface area contributed by atoms with Gasteiger partial charge in [0, 0.05) is 43.9 Å². The molecule has 0 bridgehead atoms. The number of carbonyl (C=O) groups excluding carboxylic acids is 1. The lowest BCUT2D eigenvalue weighted by Gasteiger charge is -2.33. The molecule has 1 aliphatic rings. The van der Waals surface area contributed by atoms with Crippen LogP contribution < -0.4 is 5.32 Å². The van der Waals surface area contributed by atoms with Crippen LogP contribution >= 0.6 is 15.9 Å². The molecular formula is C18H22BrN3O2. The molecule has 1 fully saturated rings. The second-order valence-corrected chi connectivity index (χ2v) is 6.99. The molecular weight excluding hydrogens is 370 g/mol. The summed E-state index contributed by atoms with van der Waals surface area (Å²) in [6, 6.07) is 12.2. The Morgan fingerprint density at radius 2 is 2.17 bits per heavy atom. The van der Waals surface area contributed by atoms with Crippen molar-refractivity contribution in [2.75, 3.05) is 26.2 Å². The van der Waals surface area contributed by atoms with Gasteiger partial charge in [0.25, 0.3) is 5.91 Å². The number of aryl methyl sites for hydroxylation is 1. The first kappa shape index (κ1) is 17.2. The summed E-state index contributed by atoms with van der Waals surface area (Å²) < 4.78 is 8.50. The minimum absolute atomic E-state index is 0.0233. The minimum atomic E-state index is -0.0769. The standard InChI is InChI=1S/C18H22BrN3O2/c1-21-12-15(19)9-17(21)18(23)20-10-16-13-22(7-8-24-16)11-14-5-3-2-4-6-14/h2-6,9,12,16H,7-8,10-11,13H2,1H3,(H,20,23). The number of aromatic nitrogens is 1. The Hall–Kier alpha value is -1.63. The summed E-state index contributed by atoms with van der Waals surface area (Å²) in [5.74, 6) is -0.0769. The lowest BCUT2D eigenvalue weighted by atomic mass is 10.2. The Morgan fingerprint density at radius 1 is 1.38 bits per heavy atom. The third-order valence-electron chi connectivity index (χ3n) is 4.17. The van der Waals surface area contributed by atoms with Crippen molar-refractivity contribution in [3.8, 4) is 0 Å². The van der Waals surface area contributed by atoms with Gasteiger partial charge in [0.1, 0.15) is 5.69 Å². The maximum Gasteiger partial charge on any atom is 0.268 e. The van der Waals surface area contributed by atoms with Crippen LogP contribution in [0.2, 0.25) is 0 Å². The monoisotopic (exact) mass is 391 g/mol. The molecule has 1 aromatic heterocycles. The molecule has 1 amide bonds. The summed E-state index contributed by atoms with van der Waals surface area (Å²) in [6.07, 6.45) is 1.89. The van der Waals surface area contributed by atoms with Crippen LogP contribution in [-0.4, -0.2) is 47.7 Å². The van der Waals surface area contributed by atoms with E-state index in [1.807, 2.05) is 29.9 Å². The molecule has 3 rings (SSSR count). The fraction of sp³-hybridized carbons (Fsp3) is 0.389. The number of morpholine rings is 1. The zero-order valence-corrected chi connectivity index (χ0v) is 15.3. The molecule has 0 saturated carbocycles. The average molecular weight is 392 g/mol. The highest BCUT2D eigenvalue weighted by Gasteiger charge is 2.21. The Morgan fingerprint density at radius 3 is 2.88 bits per heavy atom. The van der Waals surface area contributed by atoms with Crippen molar-refractivity contribution >= 4 is 21.8 Å². The van der Waals surface area contributed by atoms with Crippen LogP contribution in [0.3, 0.4) is 0 Å². The SMILES string of the molecule is Cn1cc(Br)cc1C(=O)NCC1CN(Cc2ccccc2)CCO1. The summed E-state index contributed by atoms with van der Waals surface area (Å²) >= 11 is 3.39. The van der Waals surface area contributed by atoms with E-state index in [2.05, 4.69) is 50.4 Å². The van der Waals surface area contributed by atoms with Gasteiger partial charge in [0.05, 0.1) is 12.7 Å². The van der Waals surface area contributed by atoms with Crippen LogP contribution in [0.25, 0.3) is 0 Å². The van der Waals surface area contributed by atoms with Crippen LogP contribution in [-0.2, 0) is 18.3 Å². The first-order valence-electron chi connectivity index (χ1n) is 8.10. The number of nitrogens with one attached hydrogen (secondary N) is 1. The highest BCUT2D eigenvalue weighted by Crippen LogP contribution is 2.14. The number of hydrogen-bond acceptors (Lipinski definition) is 3.